The van der Waals surface area contributed by atoms with Gasteiger partial charge in [-0.25, -0.2) is 0 Å². The summed E-state index contributed by atoms with van der Waals surface area (Å²) in [5.41, 5.74) is 1.34. The predicted octanol–water partition coefficient (Wildman–Crippen LogP) is 4.22. The van der Waals surface area contributed by atoms with Gasteiger partial charge in [0.25, 0.3) is 0 Å². The Morgan fingerprint density at radius 1 is 1.12 bits per heavy atom. The van der Waals surface area contributed by atoms with Crippen molar-refractivity contribution in [2.24, 2.45) is 0 Å². The number of nitriles is 1. The van der Waals surface area contributed by atoms with Gasteiger partial charge in [0.15, 0.2) is 23.9 Å². The summed E-state index contributed by atoms with van der Waals surface area (Å²) in [7, 11) is 3.11. The van der Waals surface area contributed by atoms with Gasteiger partial charge in [0, 0.05) is 10.5 Å². The molecule has 0 amide bonds. The van der Waals surface area contributed by atoms with Crippen LogP contribution in [0.1, 0.15) is 15.9 Å². The molecule has 0 aliphatic carbocycles. The molecule has 0 N–H and O–H groups in total. The van der Waals surface area contributed by atoms with E-state index in [1.165, 1.54) is 13.2 Å². The molecule has 6 heteroatoms. The van der Waals surface area contributed by atoms with Crippen LogP contribution in [0.5, 0.6) is 17.2 Å². The lowest BCUT2D eigenvalue weighted by Gasteiger charge is -2.09. The van der Waals surface area contributed by atoms with E-state index in [1.54, 1.807) is 55.3 Å². The molecule has 0 saturated carbocycles. The fourth-order valence-corrected chi connectivity index (χ4v) is 2.82. The zero-order chi connectivity index (χ0) is 18.9. The standard InChI is InChI=1S/C20H19NO4S/c1-23-18-12-14(5-8-17(18)25-11-10-21)4-7-16(22)15-6-9-20(26-3)19(13-15)24-2/h4-9,12-13H,11H2,1-3H3/b7-4+. The third-order valence-electron chi connectivity index (χ3n) is 3.58. The number of nitrogens with zero attached hydrogens (tertiary/aromatic N) is 1. The summed E-state index contributed by atoms with van der Waals surface area (Å²) in [6.07, 6.45) is 5.16. The van der Waals surface area contributed by atoms with Gasteiger partial charge in [0.1, 0.15) is 11.8 Å². The van der Waals surface area contributed by atoms with Crippen molar-refractivity contribution in [1.82, 2.24) is 0 Å². The molecule has 134 valence electrons. The molecule has 0 radical (unpaired) electrons. The largest absolute Gasteiger partial charge is 0.496 e. The lowest BCUT2D eigenvalue weighted by molar-refractivity contribution is 0.104. The van der Waals surface area contributed by atoms with Gasteiger partial charge >= 0.3 is 0 Å². The molecule has 0 unspecified atom stereocenters. The molecular weight excluding hydrogens is 350 g/mol. The quantitative estimate of drug-likeness (QED) is 0.394. The van der Waals surface area contributed by atoms with Crippen LogP contribution in [0.4, 0.5) is 0 Å². The molecule has 0 fully saturated rings. The van der Waals surface area contributed by atoms with Gasteiger partial charge in [-0.2, -0.15) is 5.26 Å². The number of benzene rings is 2. The summed E-state index contributed by atoms with van der Waals surface area (Å²) < 4.78 is 15.9. The summed E-state index contributed by atoms with van der Waals surface area (Å²) in [5, 5.41) is 8.59. The van der Waals surface area contributed by atoms with E-state index < -0.39 is 0 Å². The van der Waals surface area contributed by atoms with Crippen molar-refractivity contribution in [3.8, 4) is 23.3 Å². The first kappa shape index (κ1) is 19.4. The predicted molar refractivity (Wildman–Crippen MR) is 102 cm³/mol. The maximum atomic E-state index is 12.4. The number of hydrogen-bond acceptors (Lipinski definition) is 6. The Bertz CT molecular complexity index is 855. The number of carbonyl (C=O) groups excluding carboxylic acids is 1. The lowest BCUT2D eigenvalue weighted by Crippen LogP contribution is -1.97. The van der Waals surface area contributed by atoms with Crippen molar-refractivity contribution in [3.05, 3.63) is 53.6 Å². The molecule has 26 heavy (non-hydrogen) atoms. The molecule has 2 aromatic carbocycles. The number of methoxy groups -OCH3 is 2. The van der Waals surface area contributed by atoms with Gasteiger partial charge in [-0.15, -0.1) is 11.8 Å². The molecule has 0 aliphatic heterocycles. The molecule has 2 rings (SSSR count). The second-order valence-corrected chi connectivity index (χ2v) is 5.97. The molecule has 0 heterocycles. The van der Waals surface area contributed by atoms with Crippen LogP contribution in [0.15, 0.2) is 47.4 Å². The second-order valence-electron chi connectivity index (χ2n) is 5.12. The minimum absolute atomic E-state index is 0.0576. The van der Waals surface area contributed by atoms with Crippen LogP contribution in [0.2, 0.25) is 0 Å². The smallest absolute Gasteiger partial charge is 0.185 e. The molecular formula is C20H19NO4S. The van der Waals surface area contributed by atoms with Crippen molar-refractivity contribution in [2.75, 3.05) is 27.1 Å². The molecule has 0 spiro atoms. The molecule has 5 nitrogen and oxygen atoms in total. The maximum absolute atomic E-state index is 12.4. The normalized spacial score (nSPS) is 10.4. The van der Waals surface area contributed by atoms with Gasteiger partial charge in [-0.05, 0) is 48.2 Å². The summed E-state index contributed by atoms with van der Waals surface area (Å²) in [6.45, 7) is -0.0576. The molecule has 0 aromatic heterocycles. The maximum Gasteiger partial charge on any atom is 0.185 e. The lowest BCUT2D eigenvalue weighted by atomic mass is 10.1. The summed E-state index contributed by atoms with van der Waals surface area (Å²) >= 11 is 1.56. The fraction of sp³-hybridized carbons (Fsp3) is 0.200. The zero-order valence-electron chi connectivity index (χ0n) is 14.8. The van der Waals surface area contributed by atoms with Crippen LogP contribution in [0.25, 0.3) is 6.08 Å². The fourth-order valence-electron chi connectivity index (χ4n) is 2.27. The van der Waals surface area contributed by atoms with E-state index in [0.29, 0.717) is 22.8 Å². The SMILES string of the molecule is COc1cc(/C=C/C(=O)c2ccc(SC)c(OC)c2)ccc1OCC#N. The van der Waals surface area contributed by atoms with E-state index in [2.05, 4.69) is 0 Å². The van der Waals surface area contributed by atoms with Gasteiger partial charge in [-0.3, -0.25) is 4.79 Å². The first-order valence-corrected chi connectivity index (χ1v) is 8.97. The summed E-state index contributed by atoms with van der Waals surface area (Å²) in [5.74, 6) is 1.54. The molecule has 2 aromatic rings. The van der Waals surface area contributed by atoms with Crippen molar-refractivity contribution < 1.29 is 19.0 Å². The van der Waals surface area contributed by atoms with Crippen molar-refractivity contribution in [1.29, 1.82) is 5.26 Å². The minimum atomic E-state index is -0.125. The van der Waals surface area contributed by atoms with E-state index in [1.807, 2.05) is 18.4 Å². The highest BCUT2D eigenvalue weighted by molar-refractivity contribution is 7.98. The monoisotopic (exact) mass is 369 g/mol. The highest BCUT2D eigenvalue weighted by Gasteiger charge is 2.08. The van der Waals surface area contributed by atoms with Crippen molar-refractivity contribution >= 4 is 23.6 Å². The number of carbonyl (C=O) groups is 1. The molecule has 0 saturated heterocycles. The highest BCUT2D eigenvalue weighted by atomic mass is 32.2. The third-order valence-corrected chi connectivity index (χ3v) is 4.35. The number of ether oxygens (including phenoxy) is 3. The Kier molecular flexibility index (Phi) is 7.12. The van der Waals surface area contributed by atoms with Crippen LogP contribution in [0, 0.1) is 11.3 Å². The number of rotatable bonds is 8. The summed E-state index contributed by atoms with van der Waals surface area (Å²) in [6, 6.07) is 12.5. The van der Waals surface area contributed by atoms with E-state index in [-0.39, 0.29) is 12.4 Å². The molecule has 0 bridgehead atoms. The second kappa shape index (κ2) is 9.54. The van der Waals surface area contributed by atoms with Gasteiger partial charge < -0.3 is 14.2 Å². The van der Waals surface area contributed by atoms with Crippen molar-refractivity contribution in [2.45, 2.75) is 4.90 Å². The highest BCUT2D eigenvalue weighted by Crippen LogP contribution is 2.30. The van der Waals surface area contributed by atoms with Crippen LogP contribution in [-0.2, 0) is 0 Å². The third kappa shape index (κ3) is 4.80. The van der Waals surface area contributed by atoms with E-state index in [4.69, 9.17) is 19.5 Å². The average molecular weight is 369 g/mol. The Morgan fingerprint density at radius 2 is 1.88 bits per heavy atom. The Morgan fingerprint density at radius 3 is 2.54 bits per heavy atom. The first-order valence-electron chi connectivity index (χ1n) is 7.75. The Labute approximate surface area is 157 Å². The first-order chi connectivity index (χ1) is 12.6. The number of thioether (sulfide) groups is 1. The van der Waals surface area contributed by atoms with Gasteiger partial charge in [-0.1, -0.05) is 12.1 Å². The topological polar surface area (TPSA) is 68.6 Å². The minimum Gasteiger partial charge on any atom is -0.496 e. The van der Waals surface area contributed by atoms with Gasteiger partial charge in [0.2, 0.25) is 0 Å². The molecule has 0 atom stereocenters. The van der Waals surface area contributed by atoms with Gasteiger partial charge in [0.05, 0.1) is 14.2 Å². The van der Waals surface area contributed by atoms with Crippen LogP contribution >= 0.6 is 11.8 Å². The van der Waals surface area contributed by atoms with Crippen LogP contribution in [-0.4, -0.2) is 32.9 Å². The zero-order valence-corrected chi connectivity index (χ0v) is 15.6. The van der Waals surface area contributed by atoms with Crippen LogP contribution in [0.3, 0.4) is 0 Å². The number of ketones is 1. The Hall–Kier alpha value is -2.91. The number of allylic oxidation sites excluding steroid dienone is 1. The average Bonchev–Trinajstić information content (AvgIpc) is 2.69. The molecule has 0 aliphatic rings. The Balaban J connectivity index is 2.18. The van der Waals surface area contributed by atoms with Crippen LogP contribution < -0.4 is 14.2 Å². The van der Waals surface area contributed by atoms with E-state index in [9.17, 15) is 4.79 Å². The van der Waals surface area contributed by atoms with E-state index >= 15 is 0 Å². The van der Waals surface area contributed by atoms with Crippen molar-refractivity contribution in [3.63, 3.8) is 0 Å². The number of hydrogen-bond donors (Lipinski definition) is 0. The summed E-state index contributed by atoms with van der Waals surface area (Å²) in [4.78, 5) is 13.4. The van der Waals surface area contributed by atoms with E-state index in [0.717, 1.165) is 10.5 Å².